The lowest BCUT2D eigenvalue weighted by Gasteiger charge is -2.22. The second-order valence-electron chi connectivity index (χ2n) is 7.74. The van der Waals surface area contributed by atoms with Crippen LogP contribution in [-0.4, -0.2) is 34.8 Å². The van der Waals surface area contributed by atoms with E-state index in [4.69, 9.17) is 16.0 Å². The van der Waals surface area contributed by atoms with Gasteiger partial charge in [0.1, 0.15) is 0 Å². The fourth-order valence-electron chi connectivity index (χ4n) is 2.90. The van der Waals surface area contributed by atoms with Crippen LogP contribution in [0.2, 0.25) is 5.02 Å². The van der Waals surface area contributed by atoms with Gasteiger partial charge in [0.15, 0.2) is 11.7 Å². The van der Waals surface area contributed by atoms with E-state index in [1.54, 1.807) is 36.3 Å². The van der Waals surface area contributed by atoms with Gasteiger partial charge in [-0.25, -0.2) is 4.98 Å². The number of hydrogen-bond acceptors (Lipinski definition) is 4. The first-order chi connectivity index (χ1) is 14.7. The van der Waals surface area contributed by atoms with E-state index in [1.807, 2.05) is 45.0 Å². The predicted molar refractivity (Wildman–Crippen MR) is 122 cm³/mol. The summed E-state index contributed by atoms with van der Waals surface area (Å²) in [5.74, 6) is 0.780. The molecular formula is C24H26ClN3O3. The third kappa shape index (κ3) is 5.73. The summed E-state index contributed by atoms with van der Waals surface area (Å²) < 4.78 is 5.77. The molecule has 2 amide bonds. The van der Waals surface area contributed by atoms with E-state index in [0.717, 1.165) is 5.56 Å². The van der Waals surface area contributed by atoms with Gasteiger partial charge in [-0.1, -0.05) is 41.4 Å². The molecule has 0 aliphatic carbocycles. The van der Waals surface area contributed by atoms with Crippen LogP contribution < -0.4 is 5.32 Å². The third-order valence-electron chi connectivity index (χ3n) is 5.04. The van der Waals surface area contributed by atoms with Crippen molar-refractivity contribution in [1.82, 2.24) is 9.88 Å². The third-order valence-corrected chi connectivity index (χ3v) is 5.37. The summed E-state index contributed by atoms with van der Waals surface area (Å²) in [7, 11) is 1.74. The number of nitrogens with one attached hydrogen (secondary N) is 1. The van der Waals surface area contributed by atoms with Gasteiger partial charge in [0.05, 0.1) is 16.9 Å². The van der Waals surface area contributed by atoms with Crippen molar-refractivity contribution in [3.8, 4) is 11.3 Å². The Kier molecular flexibility index (Phi) is 7.13. The molecule has 3 aromatic rings. The molecule has 0 bridgehead atoms. The van der Waals surface area contributed by atoms with E-state index in [1.165, 1.54) is 5.56 Å². The van der Waals surface area contributed by atoms with Crippen molar-refractivity contribution in [3.05, 3.63) is 70.7 Å². The van der Waals surface area contributed by atoms with Gasteiger partial charge in [0, 0.05) is 37.1 Å². The Balaban J connectivity index is 1.62. The maximum Gasteiger partial charge on any atom is 0.253 e. The van der Waals surface area contributed by atoms with E-state index < -0.39 is 0 Å². The fraction of sp³-hybridized carbons (Fsp3) is 0.292. The lowest BCUT2D eigenvalue weighted by Crippen LogP contribution is -2.33. The lowest BCUT2D eigenvalue weighted by molar-refractivity contribution is -0.116. The van der Waals surface area contributed by atoms with Crippen LogP contribution in [-0.2, 0) is 11.2 Å². The second kappa shape index (κ2) is 9.79. The molecule has 2 aromatic carbocycles. The number of hydrogen-bond donors (Lipinski definition) is 1. The Bertz CT molecular complexity index is 1070. The number of halogens is 1. The number of carbonyl (C=O) groups is 2. The molecule has 0 atom stereocenters. The Morgan fingerprint density at radius 3 is 2.55 bits per heavy atom. The van der Waals surface area contributed by atoms with Crippen molar-refractivity contribution in [3.63, 3.8) is 0 Å². The number of anilines is 1. The van der Waals surface area contributed by atoms with E-state index >= 15 is 0 Å². The summed E-state index contributed by atoms with van der Waals surface area (Å²) in [6.07, 6.45) is 2.19. The van der Waals surface area contributed by atoms with Gasteiger partial charge in [-0.05, 0) is 39.0 Å². The van der Waals surface area contributed by atoms with Gasteiger partial charge in [-0.15, -0.1) is 0 Å². The number of benzene rings is 2. The van der Waals surface area contributed by atoms with E-state index in [9.17, 15) is 9.59 Å². The average molecular weight is 440 g/mol. The second-order valence-corrected chi connectivity index (χ2v) is 8.14. The normalized spacial score (nSPS) is 10.9. The van der Waals surface area contributed by atoms with Crippen molar-refractivity contribution in [2.45, 2.75) is 39.7 Å². The summed E-state index contributed by atoms with van der Waals surface area (Å²) >= 11 is 6.22. The highest BCUT2D eigenvalue weighted by molar-refractivity contribution is 6.33. The first kappa shape index (κ1) is 22.6. The molecule has 0 aliphatic heterocycles. The first-order valence-electron chi connectivity index (χ1n) is 10.1. The molecule has 1 aromatic heterocycles. The molecule has 0 saturated carbocycles. The largest absolute Gasteiger partial charge is 0.441 e. The zero-order chi connectivity index (χ0) is 22.5. The van der Waals surface area contributed by atoms with Crippen LogP contribution in [0.15, 0.2) is 53.1 Å². The molecule has 6 nitrogen and oxygen atoms in total. The van der Waals surface area contributed by atoms with Crippen LogP contribution in [0, 0.1) is 6.92 Å². The smallest absolute Gasteiger partial charge is 0.253 e. The van der Waals surface area contributed by atoms with Crippen LogP contribution in [0.3, 0.4) is 0 Å². The summed E-state index contributed by atoms with van der Waals surface area (Å²) in [4.78, 5) is 30.9. The molecule has 7 heteroatoms. The maximum atomic E-state index is 12.5. The molecule has 162 valence electrons. The van der Waals surface area contributed by atoms with Crippen molar-refractivity contribution < 1.29 is 14.0 Å². The topological polar surface area (TPSA) is 75.4 Å². The molecule has 31 heavy (non-hydrogen) atoms. The van der Waals surface area contributed by atoms with Gasteiger partial charge in [0.2, 0.25) is 5.91 Å². The van der Waals surface area contributed by atoms with Crippen LogP contribution in [0.25, 0.3) is 11.3 Å². The Hall–Kier alpha value is -3.12. The SMILES string of the molecule is Cc1ccc(-c2cnc(CCC(=O)Nc3cc(C(=O)N(C)C(C)C)ccc3Cl)o2)cc1. The number of rotatable bonds is 7. The minimum Gasteiger partial charge on any atom is -0.441 e. The van der Waals surface area contributed by atoms with Gasteiger partial charge in [-0.3, -0.25) is 9.59 Å². The van der Waals surface area contributed by atoms with Crippen molar-refractivity contribution >= 4 is 29.1 Å². The average Bonchev–Trinajstić information content (AvgIpc) is 3.22. The van der Waals surface area contributed by atoms with Gasteiger partial charge < -0.3 is 14.6 Å². The van der Waals surface area contributed by atoms with Gasteiger partial charge >= 0.3 is 0 Å². The molecule has 0 radical (unpaired) electrons. The van der Waals surface area contributed by atoms with Crippen molar-refractivity contribution in [1.29, 1.82) is 0 Å². The first-order valence-corrected chi connectivity index (χ1v) is 10.5. The molecule has 0 saturated heterocycles. The molecule has 0 aliphatic rings. The molecular weight excluding hydrogens is 414 g/mol. The number of aromatic nitrogens is 1. The highest BCUT2D eigenvalue weighted by Gasteiger charge is 2.17. The molecule has 0 spiro atoms. The zero-order valence-corrected chi connectivity index (χ0v) is 18.9. The molecule has 0 unspecified atom stereocenters. The monoisotopic (exact) mass is 439 g/mol. The van der Waals surface area contributed by atoms with Gasteiger partial charge in [0.25, 0.3) is 5.91 Å². The van der Waals surface area contributed by atoms with Crippen LogP contribution in [0.1, 0.15) is 42.1 Å². The minimum atomic E-state index is -0.237. The van der Waals surface area contributed by atoms with Crippen molar-refractivity contribution in [2.24, 2.45) is 0 Å². The molecule has 1 heterocycles. The summed E-state index contributed by atoms with van der Waals surface area (Å²) in [6, 6.07) is 12.9. The number of nitrogens with zero attached hydrogens (tertiary/aromatic N) is 2. The van der Waals surface area contributed by atoms with Crippen molar-refractivity contribution in [2.75, 3.05) is 12.4 Å². The van der Waals surface area contributed by atoms with E-state index in [2.05, 4.69) is 10.3 Å². The number of oxazole rings is 1. The quantitative estimate of drug-likeness (QED) is 0.538. The minimum absolute atomic E-state index is 0.0619. The van der Waals surface area contributed by atoms with Gasteiger partial charge in [-0.2, -0.15) is 0 Å². The van der Waals surface area contributed by atoms with Crippen LogP contribution >= 0.6 is 11.6 Å². The van der Waals surface area contributed by atoms with Crippen LogP contribution in [0.4, 0.5) is 5.69 Å². The molecule has 3 rings (SSSR count). The maximum absolute atomic E-state index is 12.5. The summed E-state index contributed by atoms with van der Waals surface area (Å²) in [6.45, 7) is 5.89. The Labute approximate surface area is 187 Å². The Morgan fingerprint density at radius 2 is 1.87 bits per heavy atom. The summed E-state index contributed by atoms with van der Waals surface area (Å²) in [5.41, 5.74) is 2.97. The predicted octanol–water partition coefficient (Wildman–Crippen LogP) is 5.36. The molecule has 0 fully saturated rings. The van der Waals surface area contributed by atoms with Crippen LogP contribution in [0.5, 0.6) is 0 Å². The number of carbonyl (C=O) groups excluding carboxylic acids is 2. The number of amides is 2. The Morgan fingerprint density at radius 1 is 1.16 bits per heavy atom. The lowest BCUT2D eigenvalue weighted by atomic mass is 10.1. The molecule has 1 N–H and O–H groups in total. The summed E-state index contributed by atoms with van der Waals surface area (Å²) in [5, 5.41) is 3.15. The highest BCUT2D eigenvalue weighted by atomic mass is 35.5. The van der Waals surface area contributed by atoms with E-state index in [-0.39, 0.29) is 24.3 Å². The van der Waals surface area contributed by atoms with E-state index in [0.29, 0.717) is 34.3 Å². The zero-order valence-electron chi connectivity index (χ0n) is 18.1. The standard InChI is InChI=1S/C24H26ClN3O3/c1-15(2)28(4)24(30)18-9-10-19(25)20(13-18)27-22(29)11-12-23-26-14-21(31-23)17-7-5-16(3)6-8-17/h5-10,13-15H,11-12H2,1-4H3,(H,27,29). The highest BCUT2D eigenvalue weighted by Crippen LogP contribution is 2.25. The number of aryl methyl sites for hydroxylation is 2. The fourth-order valence-corrected chi connectivity index (χ4v) is 3.07.